The van der Waals surface area contributed by atoms with Crippen LogP contribution in [-0.2, 0) is 16.1 Å². The molecule has 0 spiro atoms. The summed E-state index contributed by atoms with van der Waals surface area (Å²) < 4.78 is 0. The van der Waals surface area contributed by atoms with Crippen molar-refractivity contribution in [2.45, 2.75) is 27.3 Å². The van der Waals surface area contributed by atoms with E-state index in [1.807, 2.05) is 37.3 Å². The Balaban J connectivity index is 2.11. The van der Waals surface area contributed by atoms with E-state index in [-0.39, 0.29) is 11.8 Å². The fourth-order valence-corrected chi connectivity index (χ4v) is 2.70. The van der Waals surface area contributed by atoms with Gasteiger partial charge in [-0.1, -0.05) is 48.0 Å². The molecule has 4 nitrogen and oxygen atoms in total. The molecule has 0 radical (unpaired) electrons. The lowest BCUT2D eigenvalue weighted by atomic mass is 9.90. The highest BCUT2D eigenvalue weighted by atomic mass is 35.5. The number of benzene rings is 2. The zero-order valence-corrected chi connectivity index (χ0v) is 15.7. The first kappa shape index (κ1) is 19.0. The van der Waals surface area contributed by atoms with E-state index in [2.05, 4.69) is 5.32 Å². The van der Waals surface area contributed by atoms with E-state index in [4.69, 9.17) is 11.6 Å². The summed E-state index contributed by atoms with van der Waals surface area (Å²) in [7, 11) is 1.70. The van der Waals surface area contributed by atoms with Gasteiger partial charge < -0.3 is 10.2 Å². The van der Waals surface area contributed by atoms with Gasteiger partial charge in [0.1, 0.15) is 5.41 Å². The van der Waals surface area contributed by atoms with Gasteiger partial charge >= 0.3 is 0 Å². The van der Waals surface area contributed by atoms with E-state index in [0.717, 1.165) is 11.1 Å². The Morgan fingerprint density at radius 1 is 1.08 bits per heavy atom. The van der Waals surface area contributed by atoms with Crippen LogP contribution >= 0.6 is 11.6 Å². The maximum absolute atomic E-state index is 12.8. The van der Waals surface area contributed by atoms with Crippen molar-refractivity contribution in [1.29, 1.82) is 0 Å². The number of carbonyl (C=O) groups is 2. The second kappa shape index (κ2) is 7.70. The number of carbonyl (C=O) groups excluding carboxylic acids is 2. The van der Waals surface area contributed by atoms with E-state index >= 15 is 0 Å². The Labute approximate surface area is 153 Å². The van der Waals surface area contributed by atoms with Gasteiger partial charge in [-0.15, -0.1) is 0 Å². The van der Waals surface area contributed by atoms with Crippen molar-refractivity contribution in [3.05, 3.63) is 64.7 Å². The van der Waals surface area contributed by atoms with Gasteiger partial charge in [-0.25, -0.2) is 0 Å². The van der Waals surface area contributed by atoms with Crippen LogP contribution in [0.5, 0.6) is 0 Å². The van der Waals surface area contributed by atoms with Gasteiger partial charge in [0.15, 0.2) is 0 Å². The third-order valence-corrected chi connectivity index (χ3v) is 4.64. The molecule has 0 atom stereocenters. The highest BCUT2D eigenvalue weighted by molar-refractivity contribution is 6.31. The molecule has 5 heteroatoms. The van der Waals surface area contributed by atoms with Crippen molar-refractivity contribution in [1.82, 2.24) is 4.90 Å². The van der Waals surface area contributed by atoms with Gasteiger partial charge in [0.2, 0.25) is 11.8 Å². The molecular formula is C20H23ClN2O2. The van der Waals surface area contributed by atoms with Crippen LogP contribution in [0.2, 0.25) is 5.02 Å². The molecule has 0 bridgehead atoms. The first-order valence-corrected chi connectivity index (χ1v) is 8.47. The smallest absolute Gasteiger partial charge is 0.239 e. The topological polar surface area (TPSA) is 49.4 Å². The summed E-state index contributed by atoms with van der Waals surface area (Å²) in [6, 6.07) is 15.0. The first-order chi connectivity index (χ1) is 11.7. The molecule has 0 fully saturated rings. The Hall–Kier alpha value is -2.33. The molecule has 0 aromatic heterocycles. The predicted octanol–water partition coefficient (Wildman–Crippen LogP) is 4.27. The molecule has 2 rings (SSSR count). The minimum absolute atomic E-state index is 0.242. The van der Waals surface area contributed by atoms with Crippen LogP contribution < -0.4 is 5.32 Å². The molecule has 0 aliphatic carbocycles. The zero-order chi connectivity index (χ0) is 18.6. The van der Waals surface area contributed by atoms with Gasteiger partial charge in [0.05, 0.1) is 0 Å². The van der Waals surface area contributed by atoms with Crippen molar-refractivity contribution in [3.63, 3.8) is 0 Å². The van der Waals surface area contributed by atoms with Gasteiger partial charge in [0.25, 0.3) is 0 Å². The zero-order valence-electron chi connectivity index (χ0n) is 15.0. The molecule has 0 aliphatic rings. The third kappa shape index (κ3) is 4.40. The minimum atomic E-state index is -1.20. The maximum atomic E-state index is 12.8. The molecule has 0 saturated carbocycles. The van der Waals surface area contributed by atoms with Crippen LogP contribution in [0.15, 0.2) is 48.5 Å². The highest BCUT2D eigenvalue weighted by Crippen LogP contribution is 2.26. The fourth-order valence-electron chi connectivity index (χ4n) is 2.52. The number of rotatable bonds is 5. The molecule has 1 N–H and O–H groups in total. The summed E-state index contributed by atoms with van der Waals surface area (Å²) in [5.41, 5.74) is 1.21. The van der Waals surface area contributed by atoms with E-state index in [0.29, 0.717) is 17.3 Å². The third-order valence-electron chi connectivity index (χ3n) is 4.23. The quantitative estimate of drug-likeness (QED) is 0.811. The highest BCUT2D eigenvalue weighted by Gasteiger charge is 2.38. The summed E-state index contributed by atoms with van der Waals surface area (Å²) >= 11 is 6.09. The summed E-state index contributed by atoms with van der Waals surface area (Å²) in [4.78, 5) is 27.1. The minimum Gasteiger partial charge on any atom is -0.341 e. The lowest BCUT2D eigenvalue weighted by molar-refractivity contribution is -0.145. The van der Waals surface area contributed by atoms with E-state index in [1.54, 1.807) is 44.0 Å². The fraction of sp³-hybridized carbons (Fsp3) is 0.300. The Morgan fingerprint density at radius 3 is 2.36 bits per heavy atom. The lowest BCUT2D eigenvalue weighted by Gasteiger charge is -2.28. The van der Waals surface area contributed by atoms with Crippen molar-refractivity contribution >= 4 is 29.1 Å². The second-order valence-electron chi connectivity index (χ2n) is 6.64. The van der Waals surface area contributed by atoms with E-state index < -0.39 is 5.41 Å². The van der Waals surface area contributed by atoms with Crippen LogP contribution in [0.4, 0.5) is 5.69 Å². The molecule has 2 amide bonds. The summed E-state index contributed by atoms with van der Waals surface area (Å²) in [5.74, 6) is -0.601. The van der Waals surface area contributed by atoms with Crippen molar-refractivity contribution in [2.75, 3.05) is 12.4 Å². The molecule has 0 heterocycles. The molecular weight excluding hydrogens is 336 g/mol. The predicted molar refractivity (Wildman–Crippen MR) is 102 cm³/mol. The van der Waals surface area contributed by atoms with Gasteiger partial charge in [-0.3, -0.25) is 9.59 Å². The van der Waals surface area contributed by atoms with E-state index in [1.165, 1.54) is 0 Å². The van der Waals surface area contributed by atoms with Crippen LogP contribution in [0, 0.1) is 12.3 Å². The summed E-state index contributed by atoms with van der Waals surface area (Å²) in [5, 5.41) is 3.39. The molecule has 2 aromatic carbocycles. The largest absolute Gasteiger partial charge is 0.341 e. The SMILES string of the molecule is Cc1c(Cl)cccc1NC(=O)C(C)(C)C(=O)N(C)Cc1ccccc1. The lowest BCUT2D eigenvalue weighted by Crippen LogP contribution is -2.45. The number of nitrogens with one attached hydrogen (secondary N) is 1. The molecule has 0 aliphatic heterocycles. The monoisotopic (exact) mass is 358 g/mol. The molecule has 25 heavy (non-hydrogen) atoms. The summed E-state index contributed by atoms with van der Waals surface area (Å²) in [6.45, 7) is 5.54. The normalized spacial score (nSPS) is 11.1. The van der Waals surface area contributed by atoms with Gasteiger partial charge in [0, 0.05) is 24.3 Å². The van der Waals surface area contributed by atoms with Crippen LogP contribution in [0.3, 0.4) is 0 Å². The van der Waals surface area contributed by atoms with Crippen LogP contribution in [0.25, 0.3) is 0 Å². The van der Waals surface area contributed by atoms with Gasteiger partial charge in [-0.05, 0) is 44.0 Å². The summed E-state index contributed by atoms with van der Waals surface area (Å²) in [6.07, 6.45) is 0. The standard InChI is InChI=1S/C20H23ClN2O2/c1-14-16(21)11-8-12-17(14)22-18(24)20(2,3)19(25)23(4)13-15-9-6-5-7-10-15/h5-12H,13H2,1-4H3,(H,22,24). The molecule has 132 valence electrons. The number of hydrogen-bond donors (Lipinski definition) is 1. The first-order valence-electron chi connectivity index (χ1n) is 8.09. The number of nitrogens with zero attached hydrogens (tertiary/aromatic N) is 1. The van der Waals surface area contributed by atoms with Crippen molar-refractivity contribution < 1.29 is 9.59 Å². The Bertz CT molecular complexity index is 773. The molecule has 0 saturated heterocycles. The second-order valence-corrected chi connectivity index (χ2v) is 7.05. The van der Waals surface area contributed by atoms with Crippen LogP contribution in [-0.4, -0.2) is 23.8 Å². The van der Waals surface area contributed by atoms with E-state index in [9.17, 15) is 9.59 Å². The number of hydrogen-bond acceptors (Lipinski definition) is 2. The number of halogens is 1. The number of amides is 2. The molecule has 0 unspecified atom stereocenters. The van der Waals surface area contributed by atoms with Crippen molar-refractivity contribution in [3.8, 4) is 0 Å². The van der Waals surface area contributed by atoms with Crippen molar-refractivity contribution in [2.24, 2.45) is 5.41 Å². The van der Waals surface area contributed by atoms with Gasteiger partial charge in [-0.2, -0.15) is 0 Å². The van der Waals surface area contributed by atoms with Crippen LogP contribution in [0.1, 0.15) is 25.0 Å². The maximum Gasteiger partial charge on any atom is 0.239 e. The Kier molecular flexibility index (Phi) is 5.85. The number of anilines is 1. The molecule has 2 aromatic rings. The average Bonchev–Trinajstić information content (AvgIpc) is 2.59. The Morgan fingerprint density at radius 2 is 1.72 bits per heavy atom. The average molecular weight is 359 g/mol.